The molecule has 0 aliphatic heterocycles. The fourth-order valence-electron chi connectivity index (χ4n) is 0.628. The highest BCUT2D eigenvalue weighted by atomic mass is 19.3. The highest BCUT2D eigenvalue weighted by molar-refractivity contribution is 5.91. The predicted molar refractivity (Wildman–Crippen MR) is 35.1 cm³/mol. The number of halogens is 2. The van der Waals surface area contributed by atoms with Crippen LogP contribution in [0.15, 0.2) is 12.3 Å². The number of carbonyl (C=O) groups is 1. The van der Waals surface area contributed by atoms with Crippen molar-refractivity contribution in [1.82, 2.24) is 10.2 Å². The lowest BCUT2D eigenvalue weighted by molar-refractivity contribution is -0.0907. The van der Waals surface area contributed by atoms with Crippen molar-refractivity contribution in [2.24, 2.45) is 0 Å². The third-order valence-corrected chi connectivity index (χ3v) is 1.12. The predicted octanol–water partition coefficient (Wildman–Crippen LogP) is 0.562. The molecule has 13 heavy (non-hydrogen) atoms. The molecule has 70 valence electrons. The van der Waals surface area contributed by atoms with E-state index in [4.69, 9.17) is 5.11 Å². The molecule has 0 saturated heterocycles. The van der Waals surface area contributed by atoms with Crippen LogP contribution in [0.2, 0.25) is 0 Å². The van der Waals surface area contributed by atoms with Gasteiger partial charge in [-0.25, -0.2) is 4.79 Å². The number of hydrogen-bond donors (Lipinski definition) is 1. The van der Waals surface area contributed by atoms with Gasteiger partial charge in [-0.1, -0.05) is 0 Å². The fourth-order valence-corrected chi connectivity index (χ4v) is 0.628. The van der Waals surface area contributed by atoms with Gasteiger partial charge in [0.05, 0.1) is 6.20 Å². The number of ether oxygens (including phenoxy) is 1. The Labute approximate surface area is 71.0 Å². The molecule has 1 aromatic rings. The summed E-state index contributed by atoms with van der Waals surface area (Å²) < 4.78 is 26.6. The number of hydrogen-bond acceptors (Lipinski definition) is 5. The minimum absolute atomic E-state index is 0.449. The first kappa shape index (κ1) is 9.30. The van der Waals surface area contributed by atoms with Crippen LogP contribution < -0.4 is 0 Å². The van der Waals surface area contributed by atoms with E-state index in [2.05, 4.69) is 14.9 Å². The summed E-state index contributed by atoms with van der Waals surface area (Å²) >= 11 is 0. The number of esters is 1. The van der Waals surface area contributed by atoms with Gasteiger partial charge in [-0.3, -0.25) is 0 Å². The molecule has 0 amide bonds. The molecule has 0 unspecified atom stereocenters. The van der Waals surface area contributed by atoms with Gasteiger partial charge in [0, 0.05) is 0 Å². The molecule has 7 heteroatoms. The maximum atomic E-state index is 11.5. The van der Waals surface area contributed by atoms with Crippen LogP contribution in [0.3, 0.4) is 0 Å². The Morgan fingerprint density at radius 1 is 1.62 bits per heavy atom. The summed E-state index contributed by atoms with van der Waals surface area (Å²) in [5.41, 5.74) is -0.449. The van der Waals surface area contributed by atoms with Crippen molar-refractivity contribution in [1.29, 1.82) is 0 Å². The number of carbonyl (C=O) groups excluding carboxylic acids is 1. The number of nitrogens with zero attached hydrogens (tertiary/aromatic N) is 2. The first-order valence-corrected chi connectivity index (χ1v) is 3.11. The lowest BCUT2D eigenvalue weighted by Gasteiger charge is -2.02. The van der Waals surface area contributed by atoms with Gasteiger partial charge in [-0.05, 0) is 6.07 Å². The molecule has 0 aliphatic carbocycles. The quantitative estimate of drug-likeness (QED) is 0.690. The van der Waals surface area contributed by atoms with Crippen LogP contribution in [0.4, 0.5) is 8.78 Å². The Morgan fingerprint density at radius 2 is 2.31 bits per heavy atom. The topological polar surface area (TPSA) is 72.3 Å². The maximum Gasteiger partial charge on any atom is 0.389 e. The van der Waals surface area contributed by atoms with Gasteiger partial charge in [-0.15, -0.1) is 5.10 Å². The van der Waals surface area contributed by atoms with Crippen LogP contribution in [0.1, 0.15) is 10.4 Å². The molecule has 0 spiro atoms. The van der Waals surface area contributed by atoms with Gasteiger partial charge in [0.15, 0.2) is 0 Å². The van der Waals surface area contributed by atoms with E-state index in [1.54, 1.807) is 0 Å². The Hall–Kier alpha value is -1.79. The van der Waals surface area contributed by atoms with E-state index in [-0.39, 0.29) is 0 Å². The van der Waals surface area contributed by atoms with Gasteiger partial charge >= 0.3 is 12.6 Å². The molecule has 0 fully saturated rings. The lowest BCUT2D eigenvalue weighted by atomic mass is 10.3. The number of rotatable bonds is 2. The number of aromatic hydroxyl groups is 1. The molecule has 1 rings (SSSR count). The zero-order valence-electron chi connectivity index (χ0n) is 6.15. The summed E-state index contributed by atoms with van der Waals surface area (Å²) in [5.74, 6) is -2.09. The average Bonchev–Trinajstić information content (AvgIpc) is 2.03. The molecule has 0 aromatic carbocycles. The summed E-state index contributed by atoms with van der Waals surface area (Å²) in [6.07, 6.45) is 1.07. The smallest absolute Gasteiger partial charge is 0.389 e. The summed E-state index contributed by atoms with van der Waals surface area (Å²) in [4.78, 5) is 10.7. The first-order chi connectivity index (χ1) is 6.11. The molecule has 0 radical (unpaired) electrons. The summed E-state index contributed by atoms with van der Waals surface area (Å²) in [5, 5.41) is 15.2. The first-order valence-electron chi connectivity index (χ1n) is 3.11. The normalized spacial score (nSPS) is 10.1. The van der Waals surface area contributed by atoms with Crippen molar-refractivity contribution in [2.45, 2.75) is 6.61 Å². The Kier molecular flexibility index (Phi) is 2.68. The van der Waals surface area contributed by atoms with Crippen LogP contribution >= 0.6 is 0 Å². The van der Waals surface area contributed by atoms with Gasteiger partial charge in [0.1, 0.15) is 5.56 Å². The van der Waals surface area contributed by atoms with Crippen LogP contribution in [-0.2, 0) is 4.74 Å². The van der Waals surface area contributed by atoms with Crippen molar-refractivity contribution in [2.75, 3.05) is 0 Å². The van der Waals surface area contributed by atoms with Crippen molar-refractivity contribution in [3.8, 4) is 5.88 Å². The molecule has 1 aromatic heterocycles. The summed E-state index contributed by atoms with van der Waals surface area (Å²) in [6.45, 7) is -3.22. The average molecular weight is 190 g/mol. The molecule has 0 atom stereocenters. The van der Waals surface area contributed by atoms with E-state index in [1.807, 2.05) is 0 Å². The van der Waals surface area contributed by atoms with Crippen molar-refractivity contribution < 1.29 is 23.4 Å². The molecular formula is C6H4F2N2O3. The molecule has 0 bridgehead atoms. The highest BCUT2D eigenvalue weighted by Crippen LogP contribution is 2.13. The van der Waals surface area contributed by atoms with E-state index in [9.17, 15) is 13.6 Å². The molecule has 0 saturated carbocycles. The van der Waals surface area contributed by atoms with E-state index in [0.29, 0.717) is 0 Å². The number of aromatic nitrogens is 2. The largest absolute Gasteiger partial charge is 0.492 e. The van der Waals surface area contributed by atoms with Crippen molar-refractivity contribution in [3.63, 3.8) is 0 Å². The SMILES string of the molecule is O=C(OC(F)F)c1ccnnc1O. The third kappa shape index (κ3) is 2.32. The molecule has 1 N–H and O–H groups in total. The van der Waals surface area contributed by atoms with Crippen LogP contribution in [-0.4, -0.2) is 27.9 Å². The Morgan fingerprint density at radius 3 is 2.85 bits per heavy atom. The second-order valence-electron chi connectivity index (χ2n) is 1.93. The fraction of sp³-hybridized carbons (Fsp3) is 0.167. The van der Waals surface area contributed by atoms with E-state index >= 15 is 0 Å². The second-order valence-corrected chi connectivity index (χ2v) is 1.93. The van der Waals surface area contributed by atoms with Gasteiger partial charge in [0.2, 0.25) is 5.88 Å². The van der Waals surface area contributed by atoms with Gasteiger partial charge < -0.3 is 9.84 Å². The molecule has 5 nitrogen and oxygen atoms in total. The summed E-state index contributed by atoms with van der Waals surface area (Å²) in [6, 6.07) is 1.02. The zero-order valence-corrected chi connectivity index (χ0v) is 6.15. The summed E-state index contributed by atoms with van der Waals surface area (Å²) in [7, 11) is 0. The number of alkyl halides is 2. The Balaban J connectivity index is 2.83. The molecular weight excluding hydrogens is 186 g/mol. The Bertz CT molecular complexity index is 319. The lowest BCUT2D eigenvalue weighted by Crippen LogP contribution is -2.10. The van der Waals surface area contributed by atoms with E-state index in [1.165, 1.54) is 0 Å². The van der Waals surface area contributed by atoms with Crippen LogP contribution in [0.25, 0.3) is 0 Å². The van der Waals surface area contributed by atoms with Gasteiger partial charge in [-0.2, -0.15) is 13.9 Å². The van der Waals surface area contributed by atoms with Crippen LogP contribution in [0.5, 0.6) is 5.88 Å². The zero-order chi connectivity index (χ0) is 9.84. The van der Waals surface area contributed by atoms with Crippen molar-refractivity contribution in [3.05, 3.63) is 17.8 Å². The minimum atomic E-state index is -3.22. The van der Waals surface area contributed by atoms with E-state index in [0.717, 1.165) is 12.3 Å². The van der Waals surface area contributed by atoms with Crippen LogP contribution in [0, 0.1) is 0 Å². The minimum Gasteiger partial charge on any atom is -0.492 e. The van der Waals surface area contributed by atoms with E-state index < -0.39 is 24.0 Å². The molecule has 1 heterocycles. The van der Waals surface area contributed by atoms with Crippen molar-refractivity contribution >= 4 is 5.97 Å². The molecule has 0 aliphatic rings. The van der Waals surface area contributed by atoms with Gasteiger partial charge in [0.25, 0.3) is 0 Å². The standard InChI is InChI=1S/C6H4F2N2O3/c7-6(8)13-5(12)3-1-2-9-10-4(3)11/h1-2,6H,(H,10,11). The monoisotopic (exact) mass is 190 g/mol. The second kappa shape index (κ2) is 3.74. The maximum absolute atomic E-state index is 11.5. The highest BCUT2D eigenvalue weighted by Gasteiger charge is 2.17. The third-order valence-electron chi connectivity index (χ3n) is 1.12.